The topological polar surface area (TPSA) is 128 Å². The fraction of sp³-hybridized carbons (Fsp3) is 0.385. The van der Waals surface area contributed by atoms with Crippen molar-refractivity contribution in [2.24, 2.45) is 11.8 Å². The molecule has 50 heavy (non-hydrogen) atoms. The lowest BCUT2D eigenvalue weighted by molar-refractivity contribution is -0.146. The minimum Gasteiger partial charge on any atom is -0.497 e. The Hall–Kier alpha value is -5.00. The number of carbonyl (C=O) groups excluding carboxylic acids is 2. The Morgan fingerprint density at radius 2 is 1.76 bits per heavy atom. The normalized spacial score (nSPS) is 21.4. The van der Waals surface area contributed by atoms with Gasteiger partial charge in [0.25, 0.3) is 11.8 Å². The number of hydrogen-bond donors (Lipinski definition) is 2. The van der Waals surface area contributed by atoms with Crippen LogP contribution in [0.4, 0.5) is 11.4 Å². The van der Waals surface area contributed by atoms with Crippen LogP contribution in [0.3, 0.4) is 0 Å². The number of aliphatic hydroxyl groups is 1. The molecule has 3 heterocycles. The van der Waals surface area contributed by atoms with Crippen LogP contribution in [0.25, 0.3) is 0 Å². The van der Waals surface area contributed by atoms with E-state index >= 15 is 0 Å². The van der Waals surface area contributed by atoms with E-state index in [4.69, 9.17) is 14.2 Å². The van der Waals surface area contributed by atoms with E-state index in [2.05, 4.69) is 55.1 Å². The molecule has 1 spiro atoms. The van der Waals surface area contributed by atoms with Crippen LogP contribution in [-0.2, 0) is 33.5 Å². The molecule has 0 radical (unpaired) electrons. The third-order valence-electron chi connectivity index (χ3n) is 10.4. The lowest BCUT2D eigenvalue weighted by Crippen LogP contribution is -2.46. The Morgan fingerprint density at radius 3 is 2.40 bits per heavy atom. The van der Waals surface area contributed by atoms with Crippen molar-refractivity contribution in [2.45, 2.75) is 57.3 Å². The monoisotopic (exact) mass is 679 g/mol. The highest BCUT2D eigenvalue weighted by atomic mass is 16.5. The Balaban J connectivity index is 1.40. The average Bonchev–Trinajstić information content (AvgIpc) is 3.77. The maximum Gasteiger partial charge on any atom is 0.264 e. The van der Waals surface area contributed by atoms with Gasteiger partial charge in [-0.05, 0) is 72.0 Å². The fourth-order valence-electron chi connectivity index (χ4n) is 7.85. The van der Waals surface area contributed by atoms with Crippen LogP contribution in [0, 0.1) is 11.8 Å². The smallest absolute Gasteiger partial charge is 0.264 e. The van der Waals surface area contributed by atoms with Crippen LogP contribution in [0.15, 0.2) is 85.6 Å². The third-order valence-corrected chi connectivity index (χ3v) is 10.4. The molecule has 2 amide bonds. The molecule has 6 rings (SSSR count). The number of anilines is 2. The second-order valence-electron chi connectivity index (χ2n) is 13.5. The summed E-state index contributed by atoms with van der Waals surface area (Å²) < 4.78 is 19.6. The quantitative estimate of drug-likeness (QED) is 0.177. The van der Waals surface area contributed by atoms with E-state index in [1.807, 2.05) is 36.5 Å². The number of aliphatic hydroxyl groups excluding tert-OH is 1. The zero-order valence-electron chi connectivity index (χ0n) is 29.3. The van der Waals surface area contributed by atoms with Gasteiger partial charge in [0.05, 0.1) is 31.7 Å². The predicted molar refractivity (Wildman–Crippen MR) is 191 cm³/mol. The fourth-order valence-corrected chi connectivity index (χ4v) is 7.85. The first-order valence-corrected chi connectivity index (χ1v) is 16.9. The summed E-state index contributed by atoms with van der Waals surface area (Å²) in [5.74, 6) is 0.600. The first-order chi connectivity index (χ1) is 24.1. The van der Waals surface area contributed by atoms with Crippen molar-refractivity contribution in [1.82, 2.24) is 15.0 Å². The zero-order chi connectivity index (χ0) is 35.6. The molecule has 2 aliphatic rings. The van der Waals surface area contributed by atoms with Crippen LogP contribution in [-0.4, -0.2) is 65.4 Å². The molecule has 2 aliphatic heterocycles. The van der Waals surface area contributed by atoms with E-state index in [9.17, 15) is 14.7 Å². The summed E-state index contributed by atoms with van der Waals surface area (Å²) in [5, 5.41) is 20.9. The van der Waals surface area contributed by atoms with Gasteiger partial charge in [-0.3, -0.25) is 14.3 Å². The van der Waals surface area contributed by atoms with Gasteiger partial charge in [-0.15, -0.1) is 11.7 Å². The Morgan fingerprint density at radius 1 is 1.08 bits per heavy atom. The summed E-state index contributed by atoms with van der Waals surface area (Å²) in [6.07, 6.45) is 4.19. The van der Waals surface area contributed by atoms with Gasteiger partial charge in [0.15, 0.2) is 5.60 Å². The molecular weight excluding hydrogens is 634 g/mol. The van der Waals surface area contributed by atoms with Gasteiger partial charge in [-0.2, -0.15) is 0 Å². The minimum atomic E-state index is -1.32. The largest absolute Gasteiger partial charge is 0.497 e. The highest BCUT2D eigenvalue weighted by Crippen LogP contribution is 2.60. The summed E-state index contributed by atoms with van der Waals surface area (Å²) >= 11 is 0. The van der Waals surface area contributed by atoms with Gasteiger partial charge in [0.2, 0.25) is 0 Å². The van der Waals surface area contributed by atoms with Crippen LogP contribution in [0.5, 0.6) is 11.5 Å². The summed E-state index contributed by atoms with van der Waals surface area (Å²) in [5.41, 5.74) is 2.54. The summed E-state index contributed by atoms with van der Waals surface area (Å²) in [7, 11) is 3.23. The standard InChI is InChI=1S/C39H45N5O6/c1-7-20-44-33-17-12-28(40-36(46)26-8-13-30(48-5)14-9-26)23-32(33)39(37(44)47)25(2)35(38(3,4)27-10-15-31(49-6)16-11-27)34(50-39)18-21-43-24-29(19-22-45)41-42-43/h7-17,23-25,34-35,45H,1,18-22H2,2-6H3,(H,40,46)/t25-,34+,35-,39+/m0/s1. The number of nitrogens with one attached hydrogen (secondary N) is 1. The SMILES string of the molecule is C=CCN1C(=O)[C@]2(O[C@H](CCn3cc(CCO)nn3)[C@@H](C(C)(C)c3ccc(OC)cc3)[C@@H]2C)c2cc(NC(=O)c3ccc(OC)cc3)ccc21. The van der Waals surface area contributed by atoms with Crippen LogP contribution >= 0.6 is 0 Å². The molecule has 1 fully saturated rings. The number of hydrogen-bond acceptors (Lipinski definition) is 8. The zero-order valence-corrected chi connectivity index (χ0v) is 29.3. The Bertz CT molecular complexity index is 1850. The maximum absolute atomic E-state index is 14.8. The van der Waals surface area contributed by atoms with Crippen molar-refractivity contribution in [2.75, 3.05) is 37.6 Å². The number of fused-ring (bicyclic) bond motifs is 2. The van der Waals surface area contributed by atoms with Gasteiger partial charge in [0.1, 0.15) is 11.5 Å². The number of nitrogens with zero attached hydrogens (tertiary/aromatic N) is 4. The highest BCUT2D eigenvalue weighted by molar-refractivity contribution is 6.09. The van der Waals surface area contributed by atoms with E-state index in [0.29, 0.717) is 54.2 Å². The van der Waals surface area contributed by atoms with Crippen molar-refractivity contribution in [3.8, 4) is 11.5 Å². The average molecular weight is 680 g/mol. The highest BCUT2D eigenvalue weighted by Gasteiger charge is 2.65. The number of aryl methyl sites for hydroxylation is 1. The summed E-state index contributed by atoms with van der Waals surface area (Å²) in [6.45, 7) is 11.2. The van der Waals surface area contributed by atoms with Crippen molar-refractivity contribution < 1.29 is 28.9 Å². The molecule has 1 saturated heterocycles. The molecule has 0 aliphatic carbocycles. The number of rotatable bonds is 13. The number of aromatic nitrogens is 3. The van der Waals surface area contributed by atoms with Gasteiger partial charge in [-0.1, -0.05) is 44.2 Å². The van der Waals surface area contributed by atoms with Crippen LogP contribution < -0.4 is 19.7 Å². The van der Waals surface area contributed by atoms with E-state index < -0.39 is 11.0 Å². The molecule has 0 bridgehead atoms. The predicted octanol–water partition coefficient (Wildman–Crippen LogP) is 5.53. The molecule has 11 heteroatoms. The number of methoxy groups -OCH3 is 2. The number of benzene rings is 3. The van der Waals surface area contributed by atoms with Gasteiger partial charge in [0, 0.05) is 61.0 Å². The molecule has 4 aromatic rings. The number of amides is 2. The summed E-state index contributed by atoms with van der Waals surface area (Å²) in [6, 6.07) is 20.5. The number of carbonyl (C=O) groups is 2. The first kappa shape index (κ1) is 34.8. The van der Waals surface area contributed by atoms with Gasteiger partial charge >= 0.3 is 0 Å². The van der Waals surface area contributed by atoms with E-state index in [1.54, 1.807) is 54.1 Å². The minimum absolute atomic E-state index is 0.00609. The molecule has 3 aromatic carbocycles. The molecular formula is C39H45N5O6. The Labute approximate surface area is 292 Å². The second kappa shape index (κ2) is 14.1. The van der Waals surface area contributed by atoms with E-state index in [1.165, 1.54) is 0 Å². The first-order valence-electron chi connectivity index (χ1n) is 16.9. The molecule has 0 saturated carbocycles. The number of ether oxygens (including phenoxy) is 3. The molecule has 11 nitrogen and oxygen atoms in total. The maximum atomic E-state index is 14.8. The van der Waals surface area contributed by atoms with Crippen LogP contribution in [0.1, 0.15) is 54.4 Å². The Kier molecular flexibility index (Phi) is 9.82. The second-order valence-corrected chi connectivity index (χ2v) is 13.5. The third kappa shape index (κ3) is 6.16. The van der Waals surface area contributed by atoms with Gasteiger partial charge in [-0.25, -0.2) is 0 Å². The van der Waals surface area contributed by atoms with Crippen molar-refractivity contribution >= 4 is 23.2 Å². The van der Waals surface area contributed by atoms with Crippen molar-refractivity contribution in [1.29, 1.82) is 0 Å². The molecule has 4 atom stereocenters. The van der Waals surface area contributed by atoms with Crippen molar-refractivity contribution in [3.05, 3.63) is 108 Å². The van der Waals surface area contributed by atoms with E-state index in [-0.39, 0.29) is 36.4 Å². The molecule has 2 N–H and O–H groups in total. The summed E-state index contributed by atoms with van der Waals surface area (Å²) in [4.78, 5) is 29.8. The van der Waals surface area contributed by atoms with Crippen molar-refractivity contribution in [3.63, 3.8) is 0 Å². The lowest BCUT2D eigenvalue weighted by atomic mass is 9.63. The molecule has 1 aromatic heterocycles. The van der Waals surface area contributed by atoms with Gasteiger partial charge < -0.3 is 29.5 Å². The van der Waals surface area contributed by atoms with Crippen LogP contribution in [0.2, 0.25) is 0 Å². The lowest BCUT2D eigenvalue weighted by Gasteiger charge is -2.38. The molecule has 0 unspecified atom stereocenters. The van der Waals surface area contributed by atoms with E-state index in [0.717, 1.165) is 17.0 Å². The molecule has 262 valence electrons.